The van der Waals surface area contributed by atoms with E-state index in [1.807, 2.05) is 0 Å². The zero-order chi connectivity index (χ0) is 18.7. The van der Waals surface area contributed by atoms with Gasteiger partial charge in [-0.2, -0.15) is 17.9 Å². The Labute approximate surface area is 142 Å². The van der Waals surface area contributed by atoms with Gasteiger partial charge in [0.05, 0.1) is 16.5 Å². The van der Waals surface area contributed by atoms with Crippen LogP contribution in [0.15, 0.2) is 59.5 Å². The normalized spacial score (nSPS) is 13.3. The van der Waals surface area contributed by atoms with Crippen LogP contribution in [0.1, 0.15) is 12.5 Å². The lowest BCUT2D eigenvalue weighted by Gasteiger charge is -2.15. The van der Waals surface area contributed by atoms with Crippen LogP contribution < -0.4 is 10.0 Å². The van der Waals surface area contributed by atoms with Crippen LogP contribution in [0.2, 0.25) is 0 Å². The van der Waals surface area contributed by atoms with Gasteiger partial charge in [-0.15, -0.1) is 0 Å². The van der Waals surface area contributed by atoms with E-state index in [4.69, 9.17) is 0 Å². The number of nitrogens with one attached hydrogen (secondary N) is 2. The molecule has 0 spiro atoms. The Morgan fingerprint density at radius 2 is 1.56 bits per heavy atom. The molecule has 0 saturated carbocycles. The van der Waals surface area contributed by atoms with E-state index >= 15 is 0 Å². The molecule has 1 unspecified atom stereocenters. The zero-order valence-corrected chi connectivity index (χ0v) is 13.9. The first-order chi connectivity index (χ1) is 11.6. The van der Waals surface area contributed by atoms with Crippen molar-refractivity contribution in [1.29, 1.82) is 0 Å². The summed E-state index contributed by atoms with van der Waals surface area (Å²) in [6, 6.07) is 10.2. The third kappa shape index (κ3) is 5.04. The van der Waals surface area contributed by atoms with Crippen molar-refractivity contribution in [3.8, 4) is 0 Å². The Morgan fingerprint density at radius 1 is 1.00 bits per heavy atom. The molecule has 2 aromatic carbocycles. The van der Waals surface area contributed by atoms with E-state index in [1.165, 1.54) is 19.1 Å². The van der Waals surface area contributed by atoms with Crippen molar-refractivity contribution in [3.63, 3.8) is 0 Å². The standard InChI is InChI=1S/C16H15F3N2O3S/c1-11(21-25(23,24)14-5-3-2-4-6-14)15(22)20-13-9-7-12(8-10-13)16(17,18)19/h2-11,21H,1H3,(H,20,22). The fraction of sp³-hybridized carbons (Fsp3) is 0.188. The monoisotopic (exact) mass is 372 g/mol. The van der Waals surface area contributed by atoms with Crippen LogP contribution >= 0.6 is 0 Å². The van der Waals surface area contributed by atoms with E-state index in [9.17, 15) is 26.4 Å². The van der Waals surface area contributed by atoms with Gasteiger partial charge >= 0.3 is 6.18 Å². The van der Waals surface area contributed by atoms with Gasteiger partial charge in [-0.05, 0) is 43.3 Å². The van der Waals surface area contributed by atoms with Gasteiger partial charge in [0, 0.05) is 5.69 Å². The van der Waals surface area contributed by atoms with Crippen molar-refractivity contribution < 1.29 is 26.4 Å². The third-order valence-electron chi connectivity index (χ3n) is 3.26. The molecular weight excluding hydrogens is 357 g/mol. The lowest BCUT2D eigenvalue weighted by Crippen LogP contribution is -2.41. The summed E-state index contributed by atoms with van der Waals surface area (Å²) < 4.78 is 64.0. The summed E-state index contributed by atoms with van der Waals surface area (Å²) in [6.07, 6.45) is -4.47. The van der Waals surface area contributed by atoms with Crippen LogP contribution in [-0.2, 0) is 21.0 Å². The van der Waals surface area contributed by atoms with Crippen molar-refractivity contribution in [3.05, 3.63) is 60.2 Å². The minimum atomic E-state index is -4.47. The Kier molecular flexibility index (Phi) is 5.48. The Hall–Kier alpha value is -2.39. The number of anilines is 1. The molecule has 1 atom stereocenters. The second-order valence-electron chi connectivity index (χ2n) is 5.22. The third-order valence-corrected chi connectivity index (χ3v) is 4.82. The maximum absolute atomic E-state index is 12.5. The molecule has 0 aliphatic heterocycles. The Bertz CT molecular complexity index is 835. The maximum atomic E-state index is 12.5. The van der Waals surface area contributed by atoms with Gasteiger partial charge in [0.15, 0.2) is 0 Å². The highest BCUT2D eigenvalue weighted by Gasteiger charge is 2.30. The molecule has 2 N–H and O–H groups in total. The van der Waals surface area contributed by atoms with Gasteiger partial charge in [0.25, 0.3) is 0 Å². The molecule has 1 amide bonds. The average molecular weight is 372 g/mol. The lowest BCUT2D eigenvalue weighted by molar-refractivity contribution is -0.137. The van der Waals surface area contributed by atoms with E-state index in [1.54, 1.807) is 18.2 Å². The highest BCUT2D eigenvalue weighted by atomic mass is 32.2. The molecule has 0 aliphatic carbocycles. The predicted octanol–water partition coefficient (Wildman–Crippen LogP) is 3.01. The van der Waals surface area contributed by atoms with Crippen LogP contribution in [0, 0.1) is 0 Å². The molecule has 0 saturated heterocycles. The molecule has 2 rings (SSSR count). The number of carbonyl (C=O) groups is 1. The van der Waals surface area contributed by atoms with E-state index < -0.39 is 33.7 Å². The van der Waals surface area contributed by atoms with Crippen molar-refractivity contribution in [2.45, 2.75) is 24.0 Å². The minimum Gasteiger partial charge on any atom is -0.325 e. The highest BCUT2D eigenvalue weighted by molar-refractivity contribution is 7.89. The number of rotatable bonds is 5. The summed E-state index contributed by atoms with van der Waals surface area (Å²) in [5.74, 6) is -0.695. The molecule has 0 heterocycles. The molecule has 2 aromatic rings. The quantitative estimate of drug-likeness (QED) is 0.847. The van der Waals surface area contributed by atoms with Gasteiger partial charge < -0.3 is 5.32 Å². The molecule has 0 aromatic heterocycles. The van der Waals surface area contributed by atoms with Gasteiger partial charge in [0.2, 0.25) is 15.9 Å². The molecular formula is C16H15F3N2O3S. The van der Waals surface area contributed by atoms with Crippen LogP contribution in [0.4, 0.5) is 18.9 Å². The van der Waals surface area contributed by atoms with Gasteiger partial charge in [0.1, 0.15) is 0 Å². The SMILES string of the molecule is CC(NS(=O)(=O)c1ccccc1)C(=O)Nc1ccc(C(F)(F)F)cc1. The van der Waals surface area contributed by atoms with E-state index in [0.29, 0.717) is 0 Å². The van der Waals surface area contributed by atoms with Crippen molar-refractivity contribution in [2.75, 3.05) is 5.32 Å². The smallest absolute Gasteiger partial charge is 0.325 e. The number of amides is 1. The molecule has 0 bridgehead atoms. The first kappa shape index (κ1) is 18.9. The largest absolute Gasteiger partial charge is 0.416 e. The van der Waals surface area contributed by atoms with Crippen LogP contribution in [0.25, 0.3) is 0 Å². The molecule has 0 radical (unpaired) electrons. The molecule has 25 heavy (non-hydrogen) atoms. The van der Waals surface area contributed by atoms with Crippen molar-refractivity contribution in [2.24, 2.45) is 0 Å². The van der Waals surface area contributed by atoms with Crippen molar-refractivity contribution in [1.82, 2.24) is 4.72 Å². The van der Waals surface area contributed by atoms with Crippen LogP contribution in [-0.4, -0.2) is 20.4 Å². The summed E-state index contributed by atoms with van der Waals surface area (Å²) in [4.78, 5) is 12.0. The van der Waals surface area contributed by atoms with Crippen LogP contribution in [0.3, 0.4) is 0 Å². The highest BCUT2D eigenvalue weighted by Crippen LogP contribution is 2.29. The second-order valence-corrected chi connectivity index (χ2v) is 6.93. The summed E-state index contributed by atoms with van der Waals surface area (Å²) in [7, 11) is -3.88. The Morgan fingerprint density at radius 3 is 2.08 bits per heavy atom. The topological polar surface area (TPSA) is 75.3 Å². The molecule has 9 heteroatoms. The first-order valence-corrected chi connectivity index (χ1v) is 8.63. The number of carbonyl (C=O) groups excluding carboxylic acids is 1. The molecule has 0 fully saturated rings. The summed E-state index contributed by atoms with van der Waals surface area (Å²) in [5.41, 5.74) is -0.716. The molecule has 0 aliphatic rings. The summed E-state index contributed by atoms with van der Waals surface area (Å²) in [5, 5.41) is 2.36. The number of sulfonamides is 1. The van der Waals surface area contributed by atoms with E-state index in [2.05, 4.69) is 10.0 Å². The summed E-state index contributed by atoms with van der Waals surface area (Å²) >= 11 is 0. The molecule has 5 nitrogen and oxygen atoms in total. The number of halogens is 3. The van der Waals surface area contributed by atoms with Gasteiger partial charge in [-0.25, -0.2) is 8.42 Å². The number of hydrogen-bond donors (Lipinski definition) is 2. The Balaban J connectivity index is 2.03. The lowest BCUT2D eigenvalue weighted by atomic mass is 10.2. The second kappa shape index (κ2) is 7.24. The van der Waals surface area contributed by atoms with E-state index in [-0.39, 0.29) is 10.6 Å². The van der Waals surface area contributed by atoms with E-state index in [0.717, 1.165) is 24.3 Å². The van der Waals surface area contributed by atoms with Crippen molar-refractivity contribution >= 4 is 21.6 Å². The zero-order valence-electron chi connectivity index (χ0n) is 13.0. The molecule has 134 valence electrons. The number of hydrogen-bond acceptors (Lipinski definition) is 3. The number of alkyl halides is 3. The summed E-state index contributed by atoms with van der Waals surface area (Å²) in [6.45, 7) is 1.33. The van der Waals surface area contributed by atoms with Crippen LogP contribution in [0.5, 0.6) is 0 Å². The average Bonchev–Trinajstić information content (AvgIpc) is 2.55. The fourth-order valence-electron chi connectivity index (χ4n) is 1.95. The van der Waals surface area contributed by atoms with Gasteiger partial charge in [-0.1, -0.05) is 18.2 Å². The number of benzene rings is 2. The maximum Gasteiger partial charge on any atom is 0.416 e. The van der Waals surface area contributed by atoms with Gasteiger partial charge in [-0.3, -0.25) is 4.79 Å². The fourth-order valence-corrected chi connectivity index (χ4v) is 3.17. The minimum absolute atomic E-state index is 0.00387. The predicted molar refractivity (Wildman–Crippen MR) is 86.3 cm³/mol. The first-order valence-electron chi connectivity index (χ1n) is 7.15.